The molecule has 0 radical (unpaired) electrons. The van der Waals surface area contributed by atoms with Gasteiger partial charge in [0.15, 0.2) is 0 Å². The quantitative estimate of drug-likeness (QED) is 0.0855. The van der Waals surface area contributed by atoms with E-state index < -0.39 is 41.7 Å². The van der Waals surface area contributed by atoms with Gasteiger partial charge in [0.25, 0.3) is 11.8 Å². The number of anilines is 2. The number of rotatable bonds is 19. The van der Waals surface area contributed by atoms with Gasteiger partial charge < -0.3 is 30.9 Å². The van der Waals surface area contributed by atoms with Crippen molar-refractivity contribution in [2.24, 2.45) is 0 Å². The minimum atomic E-state index is -0.999. The second-order valence-corrected chi connectivity index (χ2v) is 17.0. The fraction of sp³-hybridized carbons (Fsp3) is 0.511. The smallest absolute Gasteiger partial charge is 0.264 e. The van der Waals surface area contributed by atoms with Crippen LogP contribution in [0, 0.1) is 0 Å². The maximum atomic E-state index is 14.0. The molecule has 4 heterocycles. The Morgan fingerprint density at radius 3 is 2.37 bits per heavy atom. The number of aromatic nitrogens is 2. The lowest BCUT2D eigenvalue weighted by atomic mass is 9.97. The van der Waals surface area contributed by atoms with Crippen LogP contribution in [-0.2, 0) is 19.2 Å². The summed E-state index contributed by atoms with van der Waals surface area (Å²) in [7, 11) is 0. The highest BCUT2D eigenvalue weighted by Gasteiger charge is 2.45. The van der Waals surface area contributed by atoms with Gasteiger partial charge in [0.1, 0.15) is 18.2 Å². The van der Waals surface area contributed by atoms with Crippen molar-refractivity contribution < 1.29 is 33.9 Å². The molecule has 7 rings (SSSR count). The number of hydrogen-bond acceptors (Lipinski definition) is 12. The van der Waals surface area contributed by atoms with E-state index in [9.17, 15) is 33.9 Å². The fourth-order valence-electron chi connectivity index (χ4n) is 8.96. The van der Waals surface area contributed by atoms with Crippen LogP contribution in [0.3, 0.4) is 0 Å². The van der Waals surface area contributed by atoms with Crippen molar-refractivity contribution >= 4 is 58.5 Å². The summed E-state index contributed by atoms with van der Waals surface area (Å²) in [6.45, 7) is 6.44. The highest BCUT2D eigenvalue weighted by atomic mass is 35.5. The average molecular weight is 870 g/mol. The number of aliphatic hydroxyl groups excluding tert-OH is 1. The number of fused-ring (bicyclic) bond motifs is 2. The molecule has 1 unspecified atom stereocenters. The van der Waals surface area contributed by atoms with Gasteiger partial charge in [-0.05, 0) is 61.4 Å². The molecule has 5 N–H and O–H groups in total. The number of piperidine rings is 1. The van der Waals surface area contributed by atoms with Gasteiger partial charge in [0, 0.05) is 81.5 Å². The molecule has 1 aromatic heterocycles. The van der Waals surface area contributed by atoms with E-state index in [-0.39, 0.29) is 41.7 Å². The van der Waals surface area contributed by atoms with E-state index in [4.69, 9.17) is 11.6 Å². The van der Waals surface area contributed by atoms with Crippen LogP contribution in [0.25, 0.3) is 0 Å². The number of carbonyl (C=O) groups excluding carboxylic acids is 6. The Labute approximate surface area is 366 Å². The molecule has 1 aliphatic carbocycles. The van der Waals surface area contributed by atoms with Crippen molar-refractivity contribution in [1.29, 1.82) is 0 Å². The van der Waals surface area contributed by atoms with Crippen LogP contribution in [0.2, 0.25) is 5.02 Å². The third-order valence-electron chi connectivity index (χ3n) is 12.3. The van der Waals surface area contributed by atoms with Gasteiger partial charge in [0.05, 0.1) is 28.8 Å². The summed E-state index contributed by atoms with van der Waals surface area (Å²) in [4.78, 5) is 91.0. The monoisotopic (exact) mass is 869 g/mol. The first-order valence-corrected chi connectivity index (χ1v) is 22.3. The van der Waals surface area contributed by atoms with Crippen LogP contribution >= 0.6 is 11.6 Å². The Bertz CT molecular complexity index is 2150. The summed E-state index contributed by atoms with van der Waals surface area (Å²) < 4.78 is 0. The van der Waals surface area contributed by atoms with Crippen LogP contribution in [0.15, 0.2) is 48.8 Å². The predicted octanol–water partition coefficient (Wildman–Crippen LogP) is 4.05. The molecule has 330 valence electrons. The second kappa shape index (κ2) is 20.6. The number of carbonyl (C=O) groups is 6. The lowest BCUT2D eigenvalue weighted by Crippen LogP contribution is -2.54. The Balaban J connectivity index is 0.766. The molecule has 17 heteroatoms. The number of amides is 6. The highest BCUT2D eigenvalue weighted by molar-refractivity contribution is 6.30. The minimum Gasteiger partial charge on any atom is -0.387 e. The van der Waals surface area contributed by atoms with Gasteiger partial charge in [-0.2, -0.15) is 0 Å². The number of piperazine rings is 1. The second-order valence-electron chi connectivity index (χ2n) is 16.6. The van der Waals surface area contributed by atoms with Gasteiger partial charge in [-0.1, -0.05) is 62.4 Å². The molecule has 62 heavy (non-hydrogen) atoms. The summed E-state index contributed by atoms with van der Waals surface area (Å²) in [5, 5.41) is 22.9. The summed E-state index contributed by atoms with van der Waals surface area (Å²) in [5.74, 6) is -1.54. The summed E-state index contributed by atoms with van der Waals surface area (Å²) in [6.07, 6.45) is 7.78. The largest absolute Gasteiger partial charge is 0.387 e. The molecule has 0 saturated carbocycles. The van der Waals surface area contributed by atoms with Crippen LogP contribution < -0.4 is 26.2 Å². The first-order chi connectivity index (χ1) is 30.0. The molecular weight excluding hydrogens is 814 g/mol. The van der Waals surface area contributed by atoms with Crippen LogP contribution in [0.1, 0.15) is 127 Å². The number of benzene rings is 2. The number of hydrogen-bond donors (Lipinski definition) is 5. The SMILES string of the molecule is C[C@@H]1C[C@@H](O)c2ncnc(N3CCN(C(=O)[C@H](CNCCC(=O)NCCCCCCCCNc4cccc5c4C(=O)N(C4CCC(=O)NC4=O)C5=O)c4ccc(Cl)cc4)CC3)c21. The molecular formula is C45H56ClN9O7. The van der Waals surface area contributed by atoms with Crippen molar-refractivity contribution in [3.05, 3.63) is 81.8 Å². The van der Waals surface area contributed by atoms with Gasteiger partial charge >= 0.3 is 0 Å². The molecule has 2 fully saturated rings. The molecule has 4 aliphatic rings. The van der Waals surface area contributed by atoms with E-state index in [1.807, 2.05) is 17.0 Å². The van der Waals surface area contributed by atoms with Gasteiger partial charge in [-0.15, -0.1) is 0 Å². The van der Waals surface area contributed by atoms with Crippen molar-refractivity contribution in [2.45, 2.75) is 95.1 Å². The van der Waals surface area contributed by atoms with Crippen molar-refractivity contribution in [3.63, 3.8) is 0 Å². The highest BCUT2D eigenvalue weighted by Crippen LogP contribution is 2.43. The first-order valence-electron chi connectivity index (χ1n) is 21.9. The maximum Gasteiger partial charge on any atom is 0.264 e. The van der Waals surface area contributed by atoms with E-state index in [1.54, 1.807) is 30.3 Å². The first kappa shape index (κ1) is 44.6. The van der Waals surface area contributed by atoms with Crippen molar-refractivity contribution in [1.82, 2.24) is 35.7 Å². The fourth-order valence-corrected chi connectivity index (χ4v) is 9.09. The third kappa shape index (κ3) is 10.2. The molecule has 2 saturated heterocycles. The molecule has 2 aromatic carbocycles. The maximum absolute atomic E-state index is 14.0. The van der Waals surface area contributed by atoms with Crippen LogP contribution in [-0.4, -0.2) is 119 Å². The lowest BCUT2D eigenvalue weighted by Gasteiger charge is -2.38. The molecule has 0 bridgehead atoms. The molecule has 3 aromatic rings. The van der Waals surface area contributed by atoms with E-state index in [0.29, 0.717) is 81.6 Å². The molecule has 4 atom stereocenters. The number of nitrogens with one attached hydrogen (secondary N) is 4. The van der Waals surface area contributed by atoms with Crippen molar-refractivity contribution in [2.75, 3.05) is 62.6 Å². The number of halogens is 1. The third-order valence-corrected chi connectivity index (χ3v) is 12.6. The Hall–Kier alpha value is -5.45. The number of unbranched alkanes of at least 4 members (excludes halogenated alkanes) is 5. The summed E-state index contributed by atoms with van der Waals surface area (Å²) in [6, 6.07) is 11.4. The Kier molecular flexibility index (Phi) is 14.8. The zero-order valence-electron chi connectivity index (χ0n) is 35.2. The van der Waals surface area contributed by atoms with E-state index in [2.05, 4.69) is 43.1 Å². The van der Waals surface area contributed by atoms with Gasteiger partial charge in [-0.3, -0.25) is 39.0 Å². The number of aliphatic hydroxyl groups is 1. The standard InChI is InChI=1S/C45H56ClN9O7/c1-28-25-35(56)40-38(28)41(51-27-50-40)53-21-23-54(24-22-53)43(60)32(29-11-13-30(46)14-12-29)26-47-20-17-36(57)49-19-7-5-3-2-4-6-18-48-33-10-8-9-31-39(33)45(62)55(44(31)61)34-15-16-37(58)52-42(34)59/h8-14,27-28,32,34-35,47-48,56H,2-7,15-26H2,1H3,(H,49,57)(H,52,58,59)/t28-,32-,34?,35-/m1/s1. The van der Waals surface area contributed by atoms with E-state index in [1.165, 1.54) is 6.33 Å². The van der Waals surface area contributed by atoms with Crippen LogP contribution in [0.5, 0.6) is 0 Å². The Morgan fingerprint density at radius 1 is 0.903 bits per heavy atom. The molecule has 16 nitrogen and oxygen atoms in total. The summed E-state index contributed by atoms with van der Waals surface area (Å²) >= 11 is 6.18. The minimum absolute atomic E-state index is 0.0190. The topological polar surface area (TPSA) is 206 Å². The van der Waals surface area contributed by atoms with E-state index in [0.717, 1.165) is 60.4 Å². The molecule has 0 spiro atoms. The van der Waals surface area contributed by atoms with Crippen molar-refractivity contribution in [3.8, 4) is 0 Å². The normalized spacial score (nSPS) is 20.2. The lowest BCUT2D eigenvalue weighted by molar-refractivity contribution is -0.136. The average Bonchev–Trinajstić information content (AvgIpc) is 3.71. The number of nitrogens with zero attached hydrogens (tertiary/aromatic N) is 5. The van der Waals surface area contributed by atoms with Crippen LogP contribution in [0.4, 0.5) is 11.5 Å². The predicted molar refractivity (Wildman–Crippen MR) is 233 cm³/mol. The number of imide groups is 2. The molecule has 6 amide bonds. The Morgan fingerprint density at radius 2 is 1.63 bits per heavy atom. The molecule has 3 aliphatic heterocycles. The summed E-state index contributed by atoms with van der Waals surface area (Å²) in [5.41, 5.74) is 3.65. The van der Waals surface area contributed by atoms with Gasteiger partial charge in [-0.25, -0.2) is 9.97 Å². The zero-order chi connectivity index (χ0) is 43.8. The zero-order valence-corrected chi connectivity index (χ0v) is 35.9. The van der Waals surface area contributed by atoms with Gasteiger partial charge in [0.2, 0.25) is 23.6 Å². The van der Waals surface area contributed by atoms with E-state index >= 15 is 0 Å².